The van der Waals surface area contributed by atoms with E-state index in [2.05, 4.69) is 5.48 Å². The number of fused-ring (bicyclic) bond motifs is 1. The number of phenolic OH excluding ortho intramolecular Hbond substituents is 1. The van der Waals surface area contributed by atoms with Crippen LogP contribution >= 0.6 is 0 Å². The lowest BCUT2D eigenvalue weighted by molar-refractivity contribution is 0.0862. The van der Waals surface area contributed by atoms with Crippen molar-refractivity contribution in [2.75, 3.05) is 14.2 Å². The van der Waals surface area contributed by atoms with E-state index >= 15 is 0 Å². The van der Waals surface area contributed by atoms with Gasteiger partial charge in [0, 0.05) is 22.9 Å². The monoisotopic (exact) mass is 233 g/mol. The Kier molecular flexibility index (Phi) is 3.46. The van der Waals surface area contributed by atoms with Gasteiger partial charge in [-0.25, -0.2) is 0 Å². The summed E-state index contributed by atoms with van der Waals surface area (Å²) in [6, 6.07) is 9.37. The van der Waals surface area contributed by atoms with Crippen molar-refractivity contribution in [1.29, 1.82) is 0 Å². The highest BCUT2D eigenvalue weighted by atomic mass is 16.6. The van der Waals surface area contributed by atoms with Crippen LogP contribution in [0.5, 0.6) is 11.5 Å². The zero-order valence-corrected chi connectivity index (χ0v) is 9.86. The predicted molar refractivity (Wildman–Crippen MR) is 66.0 cm³/mol. The van der Waals surface area contributed by atoms with Gasteiger partial charge in [-0.2, -0.15) is 5.48 Å². The van der Waals surface area contributed by atoms with E-state index in [0.29, 0.717) is 6.54 Å². The topological polar surface area (TPSA) is 50.7 Å². The van der Waals surface area contributed by atoms with Crippen LogP contribution in [0.2, 0.25) is 0 Å². The van der Waals surface area contributed by atoms with Gasteiger partial charge in [0.1, 0.15) is 11.5 Å². The van der Waals surface area contributed by atoms with Crippen molar-refractivity contribution in [3.05, 3.63) is 35.9 Å². The van der Waals surface area contributed by atoms with Crippen molar-refractivity contribution in [2.24, 2.45) is 0 Å². The molecule has 2 aromatic rings. The number of hydrogen-bond acceptors (Lipinski definition) is 4. The molecule has 0 atom stereocenters. The molecule has 17 heavy (non-hydrogen) atoms. The van der Waals surface area contributed by atoms with Crippen molar-refractivity contribution in [3.63, 3.8) is 0 Å². The highest BCUT2D eigenvalue weighted by Crippen LogP contribution is 2.33. The molecule has 4 heteroatoms. The second-order valence-electron chi connectivity index (χ2n) is 3.65. The Balaban J connectivity index is 2.52. The van der Waals surface area contributed by atoms with Crippen molar-refractivity contribution in [3.8, 4) is 11.5 Å². The second kappa shape index (κ2) is 5.03. The lowest BCUT2D eigenvalue weighted by atomic mass is 10.0. The Bertz CT molecular complexity index is 525. The molecule has 0 amide bonds. The summed E-state index contributed by atoms with van der Waals surface area (Å²) in [5, 5.41) is 11.8. The van der Waals surface area contributed by atoms with E-state index in [0.717, 1.165) is 22.1 Å². The summed E-state index contributed by atoms with van der Waals surface area (Å²) in [7, 11) is 3.16. The number of aromatic hydroxyl groups is 1. The molecule has 2 aromatic carbocycles. The van der Waals surface area contributed by atoms with Gasteiger partial charge in [-0.3, -0.25) is 0 Å². The molecule has 0 aliphatic carbocycles. The molecule has 4 nitrogen and oxygen atoms in total. The normalized spacial score (nSPS) is 10.7. The smallest absolute Gasteiger partial charge is 0.128 e. The van der Waals surface area contributed by atoms with E-state index < -0.39 is 0 Å². The number of phenols is 1. The molecule has 0 unspecified atom stereocenters. The third-order valence-corrected chi connectivity index (χ3v) is 2.70. The van der Waals surface area contributed by atoms with Gasteiger partial charge in [-0.05, 0) is 6.07 Å². The Morgan fingerprint density at radius 3 is 2.65 bits per heavy atom. The van der Waals surface area contributed by atoms with Crippen LogP contribution in [-0.4, -0.2) is 19.3 Å². The highest BCUT2D eigenvalue weighted by molar-refractivity contribution is 5.93. The molecule has 0 saturated carbocycles. The van der Waals surface area contributed by atoms with Crippen LogP contribution in [0.25, 0.3) is 10.8 Å². The van der Waals surface area contributed by atoms with E-state index in [-0.39, 0.29) is 5.75 Å². The molecule has 2 N–H and O–H groups in total. The molecular weight excluding hydrogens is 218 g/mol. The average molecular weight is 233 g/mol. The molecule has 90 valence electrons. The van der Waals surface area contributed by atoms with Gasteiger partial charge >= 0.3 is 0 Å². The summed E-state index contributed by atoms with van der Waals surface area (Å²) in [5.41, 5.74) is 3.49. The summed E-state index contributed by atoms with van der Waals surface area (Å²) in [6.07, 6.45) is 0. The number of hydrogen-bond donors (Lipinski definition) is 2. The first kappa shape index (κ1) is 11.7. The van der Waals surface area contributed by atoms with Crippen LogP contribution < -0.4 is 10.2 Å². The standard InChI is InChI=1S/C13H15NO3/c1-16-12-5-3-4-11-10(12)7-6-9(13(11)15)8-14-17-2/h3-7,14-15H,8H2,1-2H3. The third-order valence-electron chi connectivity index (χ3n) is 2.70. The first-order chi connectivity index (χ1) is 8.27. The number of methoxy groups -OCH3 is 1. The van der Waals surface area contributed by atoms with Gasteiger partial charge in [0.2, 0.25) is 0 Å². The lowest BCUT2D eigenvalue weighted by Gasteiger charge is -2.10. The molecule has 0 fully saturated rings. The predicted octanol–water partition coefficient (Wildman–Crippen LogP) is 2.21. The van der Waals surface area contributed by atoms with E-state index in [9.17, 15) is 5.11 Å². The lowest BCUT2D eigenvalue weighted by Crippen LogP contribution is -2.10. The molecule has 0 aliphatic heterocycles. The Morgan fingerprint density at radius 2 is 1.94 bits per heavy atom. The average Bonchev–Trinajstić information content (AvgIpc) is 2.37. The zero-order chi connectivity index (χ0) is 12.3. The van der Waals surface area contributed by atoms with E-state index in [1.807, 2.05) is 30.3 Å². The zero-order valence-electron chi connectivity index (χ0n) is 9.86. The Hall–Kier alpha value is -1.78. The Labute approximate surface area is 99.7 Å². The maximum Gasteiger partial charge on any atom is 0.128 e. The first-order valence-corrected chi connectivity index (χ1v) is 5.31. The fraction of sp³-hybridized carbons (Fsp3) is 0.231. The van der Waals surface area contributed by atoms with Crippen LogP contribution in [0.3, 0.4) is 0 Å². The van der Waals surface area contributed by atoms with E-state index in [1.165, 1.54) is 0 Å². The van der Waals surface area contributed by atoms with Crippen LogP contribution in [0.15, 0.2) is 30.3 Å². The number of benzene rings is 2. The maximum absolute atomic E-state index is 10.1. The third kappa shape index (κ3) is 2.18. The van der Waals surface area contributed by atoms with Gasteiger partial charge in [-0.15, -0.1) is 0 Å². The molecular formula is C13H15NO3. The summed E-state index contributed by atoms with van der Waals surface area (Å²) < 4.78 is 5.25. The number of rotatable bonds is 4. The second-order valence-corrected chi connectivity index (χ2v) is 3.65. The molecule has 0 saturated heterocycles. The highest BCUT2D eigenvalue weighted by Gasteiger charge is 2.08. The minimum absolute atomic E-state index is 0.256. The van der Waals surface area contributed by atoms with Crippen LogP contribution in [-0.2, 0) is 11.4 Å². The SMILES string of the molecule is CONCc1ccc2c(OC)cccc2c1O. The fourth-order valence-corrected chi connectivity index (χ4v) is 1.83. The van der Waals surface area contributed by atoms with Crippen molar-refractivity contribution in [2.45, 2.75) is 6.54 Å². The molecule has 0 bridgehead atoms. The van der Waals surface area contributed by atoms with Gasteiger partial charge in [-0.1, -0.05) is 24.3 Å². The number of ether oxygens (including phenoxy) is 1. The van der Waals surface area contributed by atoms with Crippen molar-refractivity contribution in [1.82, 2.24) is 5.48 Å². The number of nitrogens with one attached hydrogen (secondary N) is 1. The molecule has 0 heterocycles. The van der Waals surface area contributed by atoms with Crippen LogP contribution in [0.1, 0.15) is 5.56 Å². The molecule has 0 radical (unpaired) electrons. The largest absolute Gasteiger partial charge is 0.507 e. The molecule has 0 aliphatic rings. The number of hydroxylamine groups is 1. The molecule has 0 spiro atoms. The summed E-state index contributed by atoms with van der Waals surface area (Å²) in [4.78, 5) is 4.77. The first-order valence-electron chi connectivity index (χ1n) is 5.31. The van der Waals surface area contributed by atoms with Gasteiger partial charge in [0.15, 0.2) is 0 Å². The summed E-state index contributed by atoms with van der Waals surface area (Å²) in [5.74, 6) is 1.01. The van der Waals surface area contributed by atoms with Gasteiger partial charge in [0.25, 0.3) is 0 Å². The Morgan fingerprint density at radius 1 is 1.12 bits per heavy atom. The molecule has 0 aromatic heterocycles. The van der Waals surface area contributed by atoms with Crippen molar-refractivity contribution >= 4 is 10.8 Å². The minimum Gasteiger partial charge on any atom is -0.507 e. The maximum atomic E-state index is 10.1. The van der Waals surface area contributed by atoms with Gasteiger partial charge < -0.3 is 14.7 Å². The van der Waals surface area contributed by atoms with E-state index in [1.54, 1.807) is 14.2 Å². The summed E-state index contributed by atoms with van der Waals surface area (Å²) in [6.45, 7) is 0.454. The minimum atomic E-state index is 0.256. The fourth-order valence-electron chi connectivity index (χ4n) is 1.83. The molecule has 2 rings (SSSR count). The van der Waals surface area contributed by atoms with Crippen LogP contribution in [0, 0.1) is 0 Å². The van der Waals surface area contributed by atoms with Crippen LogP contribution in [0.4, 0.5) is 0 Å². The quantitative estimate of drug-likeness (QED) is 0.795. The van der Waals surface area contributed by atoms with Crippen molar-refractivity contribution < 1.29 is 14.7 Å². The van der Waals surface area contributed by atoms with E-state index in [4.69, 9.17) is 9.57 Å². The van der Waals surface area contributed by atoms with Gasteiger partial charge in [0.05, 0.1) is 14.2 Å². The summed E-state index contributed by atoms with van der Waals surface area (Å²) >= 11 is 0.